The molecule has 0 saturated heterocycles. The first-order valence-electron chi connectivity index (χ1n) is 6.66. The van der Waals surface area contributed by atoms with Gasteiger partial charge in [-0.2, -0.15) is 0 Å². The van der Waals surface area contributed by atoms with Crippen LogP contribution in [0.3, 0.4) is 0 Å². The Balaban J connectivity index is 2.14. The van der Waals surface area contributed by atoms with Gasteiger partial charge in [0, 0.05) is 23.0 Å². The molecule has 0 radical (unpaired) electrons. The average molecular weight is 257 g/mol. The van der Waals surface area contributed by atoms with E-state index in [-0.39, 0.29) is 29.6 Å². The van der Waals surface area contributed by atoms with Gasteiger partial charge in [0.05, 0.1) is 6.04 Å². The molecule has 3 atom stereocenters. The van der Waals surface area contributed by atoms with Crippen LogP contribution in [0.15, 0.2) is 37.0 Å². The highest BCUT2D eigenvalue weighted by atomic mass is 16.3. The summed E-state index contributed by atoms with van der Waals surface area (Å²) in [7, 11) is 0. The van der Waals surface area contributed by atoms with E-state index in [1.807, 2.05) is 6.92 Å². The van der Waals surface area contributed by atoms with Gasteiger partial charge < -0.3 is 10.2 Å². The number of rotatable bonds is 4. The van der Waals surface area contributed by atoms with Crippen LogP contribution in [0.1, 0.15) is 48.8 Å². The standard InChI is InChI=1S/C16H19NO2/c1-4-5-12(9(2)3)17-15(18)13-10-6-7-11(8-10)14(13)16(17)19/h4,6-7,10-12,18-19H,1-2,5,8H2,3H3. The van der Waals surface area contributed by atoms with Gasteiger partial charge in [-0.25, -0.2) is 0 Å². The zero-order valence-corrected chi connectivity index (χ0v) is 11.1. The van der Waals surface area contributed by atoms with Gasteiger partial charge in [-0.3, -0.25) is 4.57 Å². The quantitative estimate of drug-likeness (QED) is 0.807. The molecule has 3 nitrogen and oxygen atoms in total. The summed E-state index contributed by atoms with van der Waals surface area (Å²) in [6, 6.07) is -0.137. The molecule has 1 aromatic heterocycles. The largest absolute Gasteiger partial charge is 0.494 e. The van der Waals surface area contributed by atoms with Crippen molar-refractivity contribution in [3.63, 3.8) is 0 Å². The Morgan fingerprint density at radius 3 is 2.32 bits per heavy atom. The highest BCUT2D eigenvalue weighted by Crippen LogP contribution is 2.57. The fraction of sp³-hybridized carbons (Fsp3) is 0.375. The van der Waals surface area contributed by atoms with Gasteiger partial charge in [0.25, 0.3) is 0 Å². The van der Waals surface area contributed by atoms with Crippen LogP contribution >= 0.6 is 0 Å². The Kier molecular flexibility index (Phi) is 2.59. The van der Waals surface area contributed by atoms with Crippen molar-refractivity contribution in [1.82, 2.24) is 4.57 Å². The van der Waals surface area contributed by atoms with Crippen LogP contribution in [0, 0.1) is 0 Å². The first kappa shape index (κ1) is 12.2. The number of aromatic hydroxyl groups is 2. The topological polar surface area (TPSA) is 45.4 Å². The molecule has 3 unspecified atom stereocenters. The molecule has 0 aliphatic heterocycles. The minimum absolute atomic E-state index is 0.137. The SMILES string of the molecule is C=CCC(C(=C)C)n1c(O)c2c(c1O)C1C=CC2C1. The van der Waals surface area contributed by atoms with Crippen molar-refractivity contribution in [2.45, 2.75) is 37.6 Å². The number of fused-ring (bicyclic) bond motifs is 5. The molecule has 1 aromatic rings. The van der Waals surface area contributed by atoms with Crippen LogP contribution in [-0.2, 0) is 0 Å². The molecule has 0 spiro atoms. The predicted octanol–water partition coefficient (Wildman–Crippen LogP) is 3.73. The molecule has 2 aliphatic rings. The van der Waals surface area contributed by atoms with Crippen molar-refractivity contribution in [3.05, 3.63) is 48.1 Å². The molecule has 0 saturated carbocycles. The van der Waals surface area contributed by atoms with Crippen LogP contribution < -0.4 is 0 Å². The molecule has 0 aromatic carbocycles. The van der Waals surface area contributed by atoms with Crippen LogP contribution in [0.4, 0.5) is 0 Å². The van der Waals surface area contributed by atoms with E-state index in [1.54, 1.807) is 10.6 Å². The minimum Gasteiger partial charge on any atom is -0.494 e. The molecule has 0 amide bonds. The summed E-state index contributed by atoms with van der Waals surface area (Å²) < 4.78 is 1.61. The van der Waals surface area contributed by atoms with Gasteiger partial charge in [-0.1, -0.05) is 30.4 Å². The van der Waals surface area contributed by atoms with Crippen molar-refractivity contribution < 1.29 is 10.2 Å². The Morgan fingerprint density at radius 1 is 1.37 bits per heavy atom. The maximum atomic E-state index is 10.5. The van der Waals surface area contributed by atoms with Crippen molar-refractivity contribution in [3.8, 4) is 11.8 Å². The van der Waals surface area contributed by atoms with Gasteiger partial charge in [-0.15, -0.1) is 6.58 Å². The Morgan fingerprint density at radius 2 is 1.89 bits per heavy atom. The Hall–Kier alpha value is -1.90. The second-order valence-corrected chi connectivity index (χ2v) is 5.56. The number of nitrogens with zero attached hydrogens (tertiary/aromatic N) is 1. The molecule has 2 N–H and O–H groups in total. The van der Waals surface area contributed by atoms with Crippen LogP contribution in [0.2, 0.25) is 0 Å². The molecular weight excluding hydrogens is 238 g/mol. The third kappa shape index (κ3) is 1.51. The lowest BCUT2D eigenvalue weighted by atomic mass is 10.0. The van der Waals surface area contributed by atoms with Crippen LogP contribution in [0.5, 0.6) is 11.8 Å². The molecule has 3 heteroatoms. The summed E-state index contributed by atoms with van der Waals surface area (Å²) in [6.45, 7) is 9.61. The lowest BCUT2D eigenvalue weighted by Gasteiger charge is -2.20. The summed E-state index contributed by atoms with van der Waals surface area (Å²) in [4.78, 5) is 0. The van der Waals surface area contributed by atoms with E-state index in [1.165, 1.54) is 0 Å². The molecule has 2 bridgehead atoms. The maximum Gasteiger partial charge on any atom is 0.198 e. The average Bonchev–Trinajstić information content (AvgIpc) is 3.02. The Labute approximate surface area is 113 Å². The number of aromatic nitrogens is 1. The second-order valence-electron chi connectivity index (χ2n) is 5.56. The van der Waals surface area contributed by atoms with Crippen molar-refractivity contribution in [1.29, 1.82) is 0 Å². The summed E-state index contributed by atoms with van der Waals surface area (Å²) in [5.74, 6) is 0.890. The smallest absolute Gasteiger partial charge is 0.198 e. The molecular formula is C16H19NO2. The minimum atomic E-state index is -0.137. The third-order valence-corrected chi connectivity index (χ3v) is 4.32. The summed E-state index contributed by atoms with van der Waals surface area (Å²) in [5.41, 5.74) is 2.71. The summed E-state index contributed by atoms with van der Waals surface area (Å²) in [6.07, 6.45) is 7.66. The number of hydrogen-bond donors (Lipinski definition) is 2. The summed E-state index contributed by atoms with van der Waals surface area (Å²) >= 11 is 0. The molecule has 1 heterocycles. The first-order chi connectivity index (χ1) is 9.06. The van der Waals surface area contributed by atoms with Crippen molar-refractivity contribution in [2.75, 3.05) is 0 Å². The van der Waals surface area contributed by atoms with E-state index in [2.05, 4.69) is 25.3 Å². The van der Waals surface area contributed by atoms with E-state index in [0.717, 1.165) is 23.1 Å². The molecule has 100 valence electrons. The fourth-order valence-corrected chi connectivity index (χ4v) is 3.44. The highest BCUT2D eigenvalue weighted by molar-refractivity contribution is 5.59. The zero-order valence-electron chi connectivity index (χ0n) is 11.1. The second kappa shape index (κ2) is 4.05. The molecule has 19 heavy (non-hydrogen) atoms. The molecule has 2 aliphatic carbocycles. The van der Waals surface area contributed by atoms with Crippen LogP contribution in [0.25, 0.3) is 0 Å². The van der Waals surface area contributed by atoms with Crippen molar-refractivity contribution >= 4 is 0 Å². The normalized spacial score (nSPS) is 24.5. The lowest BCUT2D eigenvalue weighted by Crippen LogP contribution is -2.09. The monoisotopic (exact) mass is 257 g/mol. The van der Waals surface area contributed by atoms with Gasteiger partial charge in [0.2, 0.25) is 0 Å². The predicted molar refractivity (Wildman–Crippen MR) is 75.7 cm³/mol. The first-order valence-corrected chi connectivity index (χ1v) is 6.66. The molecule has 3 rings (SSSR count). The Bertz CT molecular complexity index is 559. The maximum absolute atomic E-state index is 10.5. The van der Waals surface area contributed by atoms with Crippen LogP contribution in [-0.4, -0.2) is 14.8 Å². The van der Waals surface area contributed by atoms with E-state index in [4.69, 9.17) is 0 Å². The van der Waals surface area contributed by atoms with E-state index in [0.29, 0.717) is 6.42 Å². The van der Waals surface area contributed by atoms with E-state index >= 15 is 0 Å². The molecule has 0 fully saturated rings. The number of hydrogen-bond acceptors (Lipinski definition) is 2. The third-order valence-electron chi connectivity index (χ3n) is 4.32. The van der Waals surface area contributed by atoms with Gasteiger partial charge in [-0.05, 0) is 19.8 Å². The van der Waals surface area contributed by atoms with Crippen molar-refractivity contribution in [2.24, 2.45) is 0 Å². The lowest BCUT2D eigenvalue weighted by molar-refractivity contribution is 0.343. The van der Waals surface area contributed by atoms with Gasteiger partial charge in [0.1, 0.15) is 0 Å². The van der Waals surface area contributed by atoms with E-state index < -0.39 is 0 Å². The van der Waals surface area contributed by atoms with E-state index in [9.17, 15) is 10.2 Å². The zero-order chi connectivity index (χ0) is 13.7. The number of allylic oxidation sites excluding steroid dienone is 4. The summed E-state index contributed by atoms with van der Waals surface area (Å²) in [5, 5.41) is 21.0. The van der Waals surface area contributed by atoms with Gasteiger partial charge in [0.15, 0.2) is 11.8 Å². The van der Waals surface area contributed by atoms with Gasteiger partial charge >= 0.3 is 0 Å². The fourth-order valence-electron chi connectivity index (χ4n) is 3.44. The highest BCUT2D eigenvalue weighted by Gasteiger charge is 2.41.